The van der Waals surface area contributed by atoms with Crippen molar-refractivity contribution in [3.63, 3.8) is 0 Å². The zero-order valence-electron chi connectivity index (χ0n) is 17.5. The fourth-order valence-corrected chi connectivity index (χ4v) is 5.00. The maximum Gasteiger partial charge on any atom is 0.405 e. The second-order valence-corrected chi connectivity index (χ2v) is 8.93. The Morgan fingerprint density at radius 2 is 1.94 bits per heavy atom. The molecule has 4 atom stereocenters. The lowest BCUT2D eigenvalue weighted by molar-refractivity contribution is -0.115. The molecule has 2 heterocycles. The van der Waals surface area contributed by atoms with Crippen LogP contribution in [0.4, 0.5) is 24.9 Å². The molecule has 12 heteroatoms. The van der Waals surface area contributed by atoms with Crippen LogP contribution in [0.15, 0.2) is 24.3 Å². The quantitative estimate of drug-likeness (QED) is 0.424. The van der Waals surface area contributed by atoms with Crippen molar-refractivity contribution in [2.75, 3.05) is 17.2 Å². The standard InChI is InChI=1S/C21H21F3N6O2S/c1-10-15(19-29-12-4-2-3-5-14(12)33-19)18(30-20(27-10)26-9-21(22,23)24)28-13-8-11(6-7-25)16(31)17(13)32/h2-5,11,13,16-17,31-32H,6,8-9H2,1H3,(H2,26,27,28,30)/t11?,13-,16-,17+/m1/s1. The minimum absolute atomic E-state index is 0.0717. The highest BCUT2D eigenvalue weighted by Gasteiger charge is 2.42. The number of alkyl halides is 3. The van der Waals surface area contributed by atoms with E-state index in [2.05, 4.69) is 25.6 Å². The Kier molecular flexibility index (Phi) is 6.38. The summed E-state index contributed by atoms with van der Waals surface area (Å²) in [5, 5.41) is 35.6. The second-order valence-electron chi connectivity index (χ2n) is 7.90. The number of aliphatic hydroxyl groups is 2. The van der Waals surface area contributed by atoms with E-state index in [1.54, 1.807) is 6.92 Å². The van der Waals surface area contributed by atoms with E-state index in [1.165, 1.54) is 11.3 Å². The molecule has 1 fully saturated rings. The van der Waals surface area contributed by atoms with Crippen LogP contribution in [0.25, 0.3) is 20.8 Å². The molecule has 0 aliphatic heterocycles. The molecule has 1 aliphatic rings. The number of aromatic nitrogens is 3. The first kappa shape index (κ1) is 23.2. The summed E-state index contributed by atoms with van der Waals surface area (Å²) < 4.78 is 39.1. The lowest BCUT2D eigenvalue weighted by Crippen LogP contribution is -2.35. The van der Waals surface area contributed by atoms with Gasteiger partial charge in [-0.25, -0.2) is 9.97 Å². The van der Waals surface area contributed by atoms with Crippen molar-refractivity contribution in [1.82, 2.24) is 15.0 Å². The monoisotopic (exact) mass is 478 g/mol. The summed E-state index contributed by atoms with van der Waals surface area (Å²) >= 11 is 1.38. The number of hydrogen-bond acceptors (Lipinski definition) is 9. The Morgan fingerprint density at radius 1 is 1.18 bits per heavy atom. The summed E-state index contributed by atoms with van der Waals surface area (Å²) in [7, 11) is 0. The first-order chi connectivity index (χ1) is 15.7. The molecule has 0 amide bonds. The van der Waals surface area contributed by atoms with E-state index < -0.39 is 36.9 Å². The maximum atomic E-state index is 12.7. The Labute approximate surface area is 191 Å². The molecule has 1 aliphatic carbocycles. The van der Waals surface area contributed by atoms with Crippen LogP contribution in [0.3, 0.4) is 0 Å². The predicted octanol–water partition coefficient (Wildman–Crippen LogP) is 3.47. The van der Waals surface area contributed by atoms with Crippen LogP contribution >= 0.6 is 11.3 Å². The number of nitrogens with zero attached hydrogens (tertiary/aromatic N) is 4. The number of nitriles is 1. The number of hydrogen-bond donors (Lipinski definition) is 4. The van der Waals surface area contributed by atoms with E-state index in [1.807, 2.05) is 30.3 Å². The maximum absolute atomic E-state index is 12.7. The van der Waals surface area contributed by atoms with Gasteiger partial charge in [-0.2, -0.15) is 23.4 Å². The van der Waals surface area contributed by atoms with Crippen LogP contribution in [-0.4, -0.2) is 56.1 Å². The second kappa shape index (κ2) is 9.09. The molecule has 3 aromatic rings. The highest BCUT2D eigenvalue weighted by Crippen LogP contribution is 2.38. The van der Waals surface area contributed by atoms with Gasteiger partial charge in [0.1, 0.15) is 23.5 Å². The molecule has 0 saturated heterocycles. The number of anilines is 2. The lowest BCUT2D eigenvalue weighted by Gasteiger charge is -2.21. The third-order valence-corrected chi connectivity index (χ3v) is 6.58. The fourth-order valence-electron chi connectivity index (χ4n) is 3.93. The van der Waals surface area contributed by atoms with Gasteiger partial charge < -0.3 is 20.8 Å². The molecule has 8 nitrogen and oxygen atoms in total. The highest BCUT2D eigenvalue weighted by molar-refractivity contribution is 7.21. The molecular weight excluding hydrogens is 457 g/mol. The number of thiazole rings is 1. The summed E-state index contributed by atoms with van der Waals surface area (Å²) in [6.45, 7) is 0.340. The fraction of sp³-hybridized carbons (Fsp3) is 0.429. The summed E-state index contributed by atoms with van der Waals surface area (Å²) in [5.74, 6) is -0.460. The zero-order valence-corrected chi connectivity index (χ0v) is 18.3. The van der Waals surface area contributed by atoms with Crippen molar-refractivity contribution in [2.45, 2.75) is 44.2 Å². The van der Waals surface area contributed by atoms with Crippen LogP contribution < -0.4 is 10.6 Å². The number of fused-ring (bicyclic) bond motifs is 1. The largest absolute Gasteiger partial charge is 0.405 e. The van der Waals surface area contributed by atoms with E-state index in [0.717, 1.165) is 10.2 Å². The van der Waals surface area contributed by atoms with E-state index in [-0.39, 0.29) is 18.2 Å². The van der Waals surface area contributed by atoms with Gasteiger partial charge in [-0.05, 0) is 25.5 Å². The average Bonchev–Trinajstić information content (AvgIpc) is 3.28. The van der Waals surface area contributed by atoms with Crippen LogP contribution in [0.5, 0.6) is 0 Å². The van der Waals surface area contributed by atoms with E-state index in [9.17, 15) is 23.4 Å². The predicted molar refractivity (Wildman–Crippen MR) is 118 cm³/mol. The third kappa shape index (κ3) is 5.00. The highest BCUT2D eigenvalue weighted by atomic mass is 32.1. The Morgan fingerprint density at radius 3 is 2.64 bits per heavy atom. The number of rotatable bonds is 6. The molecule has 0 radical (unpaired) electrons. The van der Waals surface area contributed by atoms with Crippen molar-refractivity contribution in [3.05, 3.63) is 30.0 Å². The van der Waals surface area contributed by atoms with Gasteiger partial charge in [0, 0.05) is 12.3 Å². The van der Waals surface area contributed by atoms with Crippen molar-refractivity contribution < 1.29 is 23.4 Å². The van der Waals surface area contributed by atoms with Crippen LogP contribution in [0, 0.1) is 24.2 Å². The smallest absolute Gasteiger partial charge is 0.390 e. The zero-order chi connectivity index (χ0) is 23.8. The molecule has 174 valence electrons. The Hall–Kier alpha value is -3.01. The lowest BCUT2D eigenvalue weighted by atomic mass is 10.0. The molecule has 0 spiro atoms. The van der Waals surface area contributed by atoms with Gasteiger partial charge in [-0.1, -0.05) is 12.1 Å². The molecule has 0 bridgehead atoms. The number of nitrogens with one attached hydrogen (secondary N) is 2. The number of para-hydroxylation sites is 1. The van der Waals surface area contributed by atoms with Crippen molar-refractivity contribution in [1.29, 1.82) is 5.26 Å². The summed E-state index contributed by atoms with van der Waals surface area (Å²) in [6, 6.07) is 8.82. The van der Waals surface area contributed by atoms with Gasteiger partial charge in [0.2, 0.25) is 5.95 Å². The summed E-state index contributed by atoms with van der Waals surface area (Å²) in [5.41, 5.74) is 1.66. The number of aryl methyl sites for hydroxylation is 1. The Bertz CT molecular complexity index is 1160. The Balaban J connectivity index is 1.73. The normalized spacial score (nSPS) is 22.9. The van der Waals surface area contributed by atoms with Gasteiger partial charge in [-0.3, -0.25) is 0 Å². The number of halogens is 3. The molecule has 4 N–H and O–H groups in total. The minimum atomic E-state index is -4.45. The van der Waals surface area contributed by atoms with Gasteiger partial charge in [0.25, 0.3) is 0 Å². The van der Waals surface area contributed by atoms with Gasteiger partial charge in [0.15, 0.2) is 0 Å². The summed E-state index contributed by atoms with van der Waals surface area (Å²) in [4.78, 5) is 13.1. The first-order valence-corrected chi connectivity index (χ1v) is 11.0. The van der Waals surface area contributed by atoms with Crippen molar-refractivity contribution in [3.8, 4) is 16.6 Å². The van der Waals surface area contributed by atoms with E-state index >= 15 is 0 Å². The third-order valence-electron chi connectivity index (χ3n) is 5.52. The SMILES string of the molecule is Cc1nc(NCC(F)(F)F)nc(N[C@@H]2CC(CC#N)[C@@H](O)[C@H]2O)c1-c1nc2ccccc2s1. The van der Waals surface area contributed by atoms with Gasteiger partial charge in [0.05, 0.1) is 39.7 Å². The minimum Gasteiger partial charge on any atom is -0.390 e. The van der Waals surface area contributed by atoms with Crippen molar-refractivity contribution in [2.24, 2.45) is 5.92 Å². The van der Waals surface area contributed by atoms with Crippen LogP contribution in [0.2, 0.25) is 0 Å². The molecule has 1 unspecified atom stereocenters. The van der Waals surface area contributed by atoms with Crippen molar-refractivity contribution >= 4 is 33.3 Å². The molecule has 1 aromatic carbocycles. The van der Waals surface area contributed by atoms with E-state index in [0.29, 0.717) is 22.7 Å². The molecule has 2 aromatic heterocycles. The molecule has 1 saturated carbocycles. The van der Waals surface area contributed by atoms with Gasteiger partial charge >= 0.3 is 6.18 Å². The number of benzene rings is 1. The summed E-state index contributed by atoms with van der Waals surface area (Å²) in [6.07, 6.45) is -6.36. The molecular formula is C21H21F3N6O2S. The van der Waals surface area contributed by atoms with Gasteiger partial charge in [-0.15, -0.1) is 11.3 Å². The van der Waals surface area contributed by atoms with Crippen LogP contribution in [-0.2, 0) is 0 Å². The number of aliphatic hydroxyl groups excluding tert-OH is 2. The molecule has 33 heavy (non-hydrogen) atoms. The first-order valence-electron chi connectivity index (χ1n) is 10.2. The molecule has 4 rings (SSSR count). The topological polar surface area (TPSA) is 127 Å². The average molecular weight is 479 g/mol. The van der Waals surface area contributed by atoms with E-state index in [4.69, 9.17) is 5.26 Å². The van der Waals surface area contributed by atoms with Crippen LogP contribution in [0.1, 0.15) is 18.5 Å².